The SMILES string of the molecule is CCCCCCCCCCCCCCCCCCCCCCCCCCCCCCCCCCCCC(=O)NC(CO)C(O)CCCCCCCCCCCCCCCCCCCCCCCCCCCCC. The summed E-state index contributed by atoms with van der Waals surface area (Å²) in [5.41, 5.74) is 0. The van der Waals surface area contributed by atoms with Crippen LogP contribution in [-0.4, -0.2) is 34.9 Å². The Morgan fingerprint density at radius 2 is 0.438 bits per heavy atom. The Morgan fingerprint density at radius 1 is 0.274 bits per heavy atom. The van der Waals surface area contributed by atoms with Gasteiger partial charge < -0.3 is 15.5 Å². The zero-order valence-corrected chi connectivity index (χ0v) is 50.7. The highest BCUT2D eigenvalue weighted by Crippen LogP contribution is 2.20. The summed E-state index contributed by atoms with van der Waals surface area (Å²) in [6.07, 6.45) is 85.9. The molecule has 0 aliphatic rings. The molecule has 0 aromatic heterocycles. The third-order valence-corrected chi connectivity index (χ3v) is 16.9. The van der Waals surface area contributed by atoms with Crippen molar-refractivity contribution in [2.45, 2.75) is 431 Å². The normalized spacial score (nSPS) is 12.5. The molecule has 3 N–H and O–H groups in total. The molecule has 0 rings (SSSR count). The van der Waals surface area contributed by atoms with Crippen molar-refractivity contribution < 1.29 is 15.0 Å². The first-order valence-electron chi connectivity index (χ1n) is 34.7. The third-order valence-electron chi connectivity index (χ3n) is 16.9. The van der Waals surface area contributed by atoms with Gasteiger partial charge in [-0.3, -0.25) is 4.79 Å². The van der Waals surface area contributed by atoms with Gasteiger partial charge in [0.1, 0.15) is 0 Å². The highest BCUT2D eigenvalue weighted by atomic mass is 16.3. The van der Waals surface area contributed by atoms with Crippen molar-refractivity contribution in [3.8, 4) is 0 Å². The summed E-state index contributed by atoms with van der Waals surface area (Å²) in [5.74, 6) is -0.0192. The van der Waals surface area contributed by atoms with Gasteiger partial charge in [0.2, 0.25) is 5.91 Å². The number of carbonyl (C=O) groups excluding carboxylic acids is 1. The molecule has 0 fully saturated rings. The van der Waals surface area contributed by atoms with Gasteiger partial charge in [-0.25, -0.2) is 0 Å². The monoisotopic (exact) mass is 1030 g/mol. The molecule has 0 spiro atoms. The van der Waals surface area contributed by atoms with E-state index in [1.807, 2.05) is 0 Å². The molecule has 0 aliphatic carbocycles. The number of aliphatic hydroxyl groups is 2. The van der Waals surface area contributed by atoms with Crippen LogP contribution in [0.5, 0.6) is 0 Å². The lowest BCUT2D eigenvalue weighted by Crippen LogP contribution is -2.45. The van der Waals surface area contributed by atoms with Gasteiger partial charge in [0.05, 0.1) is 18.8 Å². The molecular weight excluding hydrogens is 891 g/mol. The Morgan fingerprint density at radius 3 is 0.616 bits per heavy atom. The number of nitrogens with one attached hydrogen (secondary N) is 1. The number of unbranched alkanes of at least 4 members (excludes halogenated alkanes) is 59. The first-order valence-corrected chi connectivity index (χ1v) is 34.7. The summed E-state index contributed by atoms with van der Waals surface area (Å²) in [7, 11) is 0. The van der Waals surface area contributed by atoms with Crippen molar-refractivity contribution in [3.63, 3.8) is 0 Å². The summed E-state index contributed by atoms with van der Waals surface area (Å²) < 4.78 is 0. The summed E-state index contributed by atoms with van der Waals surface area (Å²) >= 11 is 0. The van der Waals surface area contributed by atoms with Gasteiger partial charge in [0.15, 0.2) is 0 Å². The predicted octanol–water partition coefficient (Wildman–Crippen LogP) is 23.4. The average molecular weight is 1030 g/mol. The van der Waals surface area contributed by atoms with Gasteiger partial charge in [-0.2, -0.15) is 0 Å². The van der Waals surface area contributed by atoms with Crippen molar-refractivity contribution in [2.75, 3.05) is 6.61 Å². The summed E-state index contributed by atoms with van der Waals surface area (Å²) in [6.45, 7) is 4.42. The molecule has 0 bridgehead atoms. The second-order valence-corrected chi connectivity index (χ2v) is 24.3. The number of hydrogen-bond acceptors (Lipinski definition) is 3. The molecule has 73 heavy (non-hydrogen) atoms. The van der Waals surface area contributed by atoms with Crippen molar-refractivity contribution in [1.82, 2.24) is 5.32 Å². The van der Waals surface area contributed by atoms with Crippen molar-refractivity contribution in [3.05, 3.63) is 0 Å². The molecule has 0 saturated heterocycles. The zero-order valence-electron chi connectivity index (χ0n) is 50.7. The average Bonchev–Trinajstić information content (AvgIpc) is 3.40. The number of amides is 1. The number of hydrogen-bond donors (Lipinski definition) is 3. The van der Waals surface area contributed by atoms with Crippen molar-refractivity contribution >= 4 is 5.91 Å². The highest BCUT2D eigenvalue weighted by Gasteiger charge is 2.20. The van der Waals surface area contributed by atoms with Crippen LogP contribution in [0.1, 0.15) is 418 Å². The summed E-state index contributed by atoms with van der Waals surface area (Å²) in [6, 6.07) is -0.533. The molecule has 1 amide bonds. The Balaban J connectivity index is 3.35. The van der Waals surface area contributed by atoms with Crippen LogP contribution in [0.2, 0.25) is 0 Å². The lowest BCUT2D eigenvalue weighted by atomic mass is 10.0. The maximum Gasteiger partial charge on any atom is 0.220 e. The van der Waals surface area contributed by atoms with Crippen LogP contribution in [0, 0.1) is 0 Å². The molecule has 0 saturated carbocycles. The van der Waals surface area contributed by atoms with E-state index in [-0.39, 0.29) is 12.5 Å². The molecule has 0 aromatic rings. The quantitative estimate of drug-likeness (QED) is 0.0532. The molecule has 2 atom stereocenters. The van der Waals surface area contributed by atoms with Crippen molar-refractivity contribution in [2.24, 2.45) is 0 Å². The molecule has 438 valence electrons. The van der Waals surface area contributed by atoms with Crippen LogP contribution >= 0.6 is 0 Å². The molecule has 0 radical (unpaired) electrons. The largest absolute Gasteiger partial charge is 0.394 e. The van der Waals surface area contributed by atoms with E-state index >= 15 is 0 Å². The number of carbonyl (C=O) groups is 1. The standard InChI is InChI=1S/C69H139NO3/c1-3-5-7-9-11-13-15-17-19-21-23-25-27-29-31-32-33-34-35-36-37-39-41-43-45-47-49-51-53-55-57-59-61-63-65-69(73)70-67(66-71)68(72)64-62-60-58-56-54-52-50-48-46-44-42-40-38-30-28-26-24-22-20-18-16-14-12-10-8-6-4-2/h67-68,71-72H,3-66H2,1-2H3,(H,70,73). The molecule has 2 unspecified atom stereocenters. The highest BCUT2D eigenvalue weighted by molar-refractivity contribution is 5.76. The fourth-order valence-electron chi connectivity index (χ4n) is 11.6. The minimum atomic E-state index is -0.656. The van der Waals surface area contributed by atoms with E-state index in [1.54, 1.807) is 0 Å². The minimum Gasteiger partial charge on any atom is -0.394 e. The molecule has 4 nitrogen and oxygen atoms in total. The van der Waals surface area contributed by atoms with Crippen LogP contribution in [-0.2, 0) is 4.79 Å². The van der Waals surface area contributed by atoms with E-state index in [0.717, 1.165) is 25.7 Å². The van der Waals surface area contributed by atoms with Crippen molar-refractivity contribution in [1.29, 1.82) is 0 Å². The Kier molecular flexibility index (Phi) is 65.1. The lowest BCUT2D eigenvalue weighted by Gasteiger charge is -2.22. The van der Waals surface area contributed by atoms with Gasteiger partial charge in [0, 0.05) is 6.42 Å². The molecule has 0 aromatic carbocycles. The number of aliphatic hydroxyl groups excluding tert-OH is 2. The third kappa shape index (κ3) is 62.1. The molecule has 4 heteroatoms. The minimum absolute atomic E-state index is 0.0192. The Hall–Kier alpha value is -0.610. The van der Waals surface area contributed by atoms with Gasteiger partial charge in [-0.1, -0.05) is 399 Å². The number of rotatable bonds is 66. The van der Waals surface area contributed by atoms with E-state index in [1.165, 1.54) is 366 Å². The fraction of sp³-hybridized carbons (Fsp3) is 0.986. The summed E-state index contributed by atoms with van der Waals surface area (Å²) in [4.78, 5) is 12.6. The van der Waals surface area contributed by atoms with E-state index in [0.29, 0.717) is 12.8 Å². The van der Waals surface area contributed by atoms with Gasteiger partial charge >= 0.3 is 0 Å². The van der Waals surface area contributed by atoms with Gasteiger partial charge in [-0.15, -0.1) is 0 Å². The first kappa shape index (κ1) is 72.4. The maximum atomic E-state index is 12.6. The van der Waals surface area contributed by atoms with Gasteiger partial charge in [0.25, 0.3) is 0 Å². The Bertz CT molecular complexity index is 987. The molecular formula is C69H139NO3. The zero-order chi connectivity index (χ0) is 52.7. The Labute approximate surface area is 461 Å². The first-order chi connectivity index (χ1) is 36.2. The van der Waals surface area contributed by atoms with Crippen LogP contribution in [0.15, 0.2) is 0 Å². The lowest BCUT2D eigenvalue weighted by molar-refractivity contribution is -0.123. The van der Waals surface area contributed by atoms with E-state index < -0.39 is 12.1 Å². The van der Waals surface area contributed by atoms with E-state index in [9.17, 15) is 15.0 Å². The molecule has 0 heterocycles. The van der Waals surface area contributed by atoms with E-state index in [2.05, 4.69) is 19.2 Å². The smallest absolute Gasteiger partial charge is 0.220 e. The summed E-state index contributed by atoms with van der Waals surface area (Å²) in [5, 5.41) is 23.5. The van der Waals surface area contributed by atoms with Crippen LogP contribution < -0.4 is 5.32 Å². The van der Waals surface area contributed by atoms with Crippen LogP contribution in [0.3, 0.4) is 0 Å². The van der Waals surface area contributed by atoms with Crippen LogP contribution in [0.25, 0.3) is 0 Å². The molecule has 0 aliphatic heterocycles. The van der Waals surface area contributed by atoms with Crippen LogP contribution in [0.4, 0.5) is 0 Å². The fourth-order valence-corrected chi connectivity index (χ4v) is 11.6. The maximum absolute atomic E-state index is 12.6. The second-order valence-electron chi connectivity index (χ2n) is 24.3. The topological polar surface area (TPSA) is 69.6 Å². The van der Waals surface area contributed by atoms with E-state index in [4.69, 9.17) is 0 Å². The predicted molar refractivity (Wildman–Crippen MR) is 327 cm³/mol. The second kappa shape index (κ2) is 65.7. The van der Waals surface area contributed by atoms with Gasteiger partial charge in [-0.05, 0) is 12.8 Å².